The summed E-state index contributed by atoms with van der Waals surface area (Å²) in [7, 11) is 0. The molecule has 1 fully saturated rings. The van der Waals surface area contributed by atoms with Gasteiger partial charge in [0.05, 0.1) is 30.7 Å². The van der Waals surface area contributed by atoms with Crippen LogP contribution in [-0.2, 0) is 24.6 Å². The van der Waals surface area contributed by atoms with Gasteiger partial charge in [0, 0.05) is 5.56 Å². The Morgan fingerprint density at radius 3 is 2.32 bits per heavy atom. The van der Waals surface area contributed by atoms with Crippen LogP contribution in [0, 0.1) is 5.92 Å². The first-order valence-corrected chi connectivity index (χ1v) is 14.7. The molecule has 3 N–H and O–H groups in total. The summed E-state index contributed by atoms with van der Waals surface area (Å²) in [6, 6.07) is 9.96. The van der Waals surface area contributed by atoms with Gasteiger partial charge in [0.15, 0.2) is 5.76 Å². The number of benzene rings is 1. The molecule has 1 aromatic carbocycles. The van der Waals surface area contributed by atoms with Crippen LogP contribution >= 0.6 is 0 Å². The normalized spacial score (nSPS) is 15.0. The number of carboxylic acid groups (broad SMARTS) is 1. The number of carbonyl (C=O) groups excluding carboxylic acids is 3. The van der Waals surface area contributed by atoms with E-state index in [-0.39, 0.29) is 18.3 Å². The van der Waals surface area contributed by atoms with Crippen molar-refractivity contribution in [3.8, 4) is 11.3 Å². The highest BCUT2D eigenvalue weighted by atomic mass is 16.7. The summed E-state index contributed by atoms with van der Waals surface area (Å²) in [5, 5.41) is 16.2. The number of nitrogens with one attached hydrogen (secondary N) is 2. The van der Waals surface area contributed by atoms with Crippen LogP contribution in [0.15, 0.2) is 40.8 Å². The summed E-state index contributed by atoms with van der Waals surface area (Å²) in [5.74, 6) is -1.47. The van der Waals surface area contributed by atoms with Crippen molar-refractivity contribution in [2.75, 3.05) is 13.3 Å². The van der Waals surface area contributed by atoms with Crippen LogP contribution < -0.4 is 10.6 Å². The summed E-state index contributed by atoms with van der Waals surface area (Å²) in [5.41, 5.74) is 0.705. The molecule has 0 radical (unpaired) electrons. The van der Waals surface area contributed by atoms with Crippen molar-refractivity contribution in [2.45, 2.75) is 90.0 Å². The predicted molar refractivity (Wildman–Crippen MR) is 154 cm³/mol. The van der Waals surface area contributed by atoms with Gasteiger partial charge in [0.2, 0.25) is 12.3 Å². The number of rotatable bonds is 19. The molecule has 1 aliphatic rings. The lowest BCUT2D eigenvalue weighted by Gasteiger charge is -2.32. The van der Waals surface area contributed by atoms with Crippen LogP contribution in [0.1, 0.15) is 94.7 Å². The Balaban J connectivity index is 1.58. The zero-order valence-electron chi connectivity index (χ0n) is 24.3. The molecule has 1 aliphatic carbocycles. The predicted octanol–water partition coefficient (Wildman–Crippen LogP) is 5.03. The van der Waals surface area contributed by atoms with Gasteiger partial charge in [-0.2, -0.15) is 0 Å². The average Bonchev–Trinajstić information content (AvgIpc) is 3.65. The third-order valence-corrected chi connectivity index (χ3v) is 7.73. The van der Waals surface area contributed by atoms with Gasteiger partial charge in [0.25, 0.3) is 5.91 Å². The van der Waals surface area contributed by atoms with Crippen molar-refractivity contribution in [3.05, 3.63) is 47.7 Å². The van der Waals surface area contributed by atoms with Crippen molar-refractivity contribution < 1.29 is 33.5 Å². The third-order valence-electron chi connectivity index (χ3n) is 7.73. The molecule has 0 spiro atoms. The van der Waals surface area contributed by atoms with Gasteiger partial charge in [-0.15, -0.1) is 0 Å². The van der Waals surface area contributed by atoms with Gasteiger partial charge in [-0.3, -0.25) is 24.0 Å². The maximum atomic E-state index is 13.2. The molecule has 1 heterocycles. The van der Waals surface area contributed by atoms with Gasteiger partial charge >= 0.3 is 5.97 Å². The number of hydrogen-bond donors (Lipinski definition) is 3. The number of unbranched alkanes of at least 4 members (excludes halogenated alkanes) is 3. The minimum Gasteiger partial charge on any atom is -0.481 e. The van der Waals surface area contributed by atoms with E-state index < -0.39 is 29.3 Å². The monoisotopic (exact) mass is 569 g/mol. The Labute approximate surface area is 241 Å². The zero-order chi connectivity index (χ0) is 29.8. The zero-order valence-corrected chi connectivity index (χ0v) is 24.3. The van der Waals surface area contributed by atoms with Crippen LogP contribution in [-0.4, -0.2) is 53.7 Å². The molecule has 10 heteroatoms. The Hall–Kier alpha value is -3.66. The van der Waals surface area contributed by atoms with Crippen molar-refractivity contribution in [1.82, 2.24) is 15.7 Å². The first kappa shape index (κ1) is 31.9. The molecule has 41 heavy (non-hydrogen) atoms. The first-order chi connectivity index (χ1) is 19.8. The lowest BCUT2D eigenvalue weighted by Crippen LogP contribution is -2.48. The molecule has 1 aromatic heterocycles. The number of carboxylic acids is 1. The Morgan fingerprint density at radius 2 is 1.73 bits per heavy atom. The summed E-state index contributed by atoms with van der Waals surface area (Å²) in [6.07, 6.45) is 7.61. The second kappa shape index (κ2) is 15.4. The average molecular weight is 570 g/mol. The van der Waals surface area contributed by atoms with Crippen LogP contribution in [0.2, 0.25) is 0 Å². The molecule has 0 saturated heterocycles. The second-order valence-electron chi connectivity index (χ2n) is 10.6. The molecule has 0 bridgehead atoms. The topological polar surface area (TPSA) is 138 Å². The molecule has 0 unspecified atom stereocenters. The molecule has 3 rings (SSSR count). The Morgan fingerprint density at radius 1 is 1.02 bits per heavy atom. The third kappa shape index (κ3) is 8.19. The molecule has 2 atom stereocenters. The van der Waals surface area contributed by atoms with Crippen LogP contribution in [0.3, 0.4) is 0 Å². The Bertz CT molecular complexity index is 1160. The van der Waals surface area contributed by atoms with Crippen molar-refractivity contribution >= 4 is 24.2 Å². The summed E-state index contributed by atoms with van der Waals surface area (Å²) >= 11 is 0. The van der Waals surface area contributed by atoms with Gasteiger partial charge in [-0.1, -0.05) is 70.7 Å². The fourth-order valence-electron chi connectivity index (χ4n) is 5.02. The number of hydroxylamine groups is 2. The van der Waals surface area contributed by atoms with Crippen LogP contribution in [0.4, 0.5) is 0 Å². The first-order valence-electron chi connectivity index (χ1n) is 14.7. The fraction of sp³-hybridized carbons (Fsp3) is 0.548. The number of nitrogens with zero attached hydrogens (tertiary/aromatic N) is 1. The minimum absolute atomic E-state index is 0.0879. The van der Waals surface area contributed by atoms with E-state index in [1.54, 1.807) is 36.4 Å². The molecule has 10 nitrogen and oxygen atoms in total. The van der Waals surface area contributed by atoms with Crippen molar-refractivity contribution in [2.24, 2.45) is 5.92 Å². The molecule has 224 valence electrons. The van der Waals surface area contributed by atoms with Crippen molar-refractivity contribution in [3.63, 3.8) is 0 Å². The maximum absolute atomic E-state index is 13.2. The SMILES string of the molecule is CCCCC[C@@H](C(=O)NCNC(=O)c1ccc(-c2ccc(C3(C(=O)O)CC3)cc2)o1)[C@@H](CC)N(C=O)OCCCC. The number of aliphatic carboxylic acids is 1. The number of amides is 3. The van der Waals surface area contributed by atoms with Crippen LogP contribution in [0.5, 0.6) is 0 Å². The molecule has 0 aliphatic heterocycles. The lowest BCUT2D eigenvalue weighted by atomic mass is 9.90. The Kier molecular flexibility index (Phi) is 11.9. The lowest BCUT2D eigenvalue weighted by molar-refractivity contribution is -0.195. The molecule has 1 saturated carbocycles. The highest BCUT2D eigenvalue weighted by Gasteiger charge is 2.51. The summed E-state index contributed by atoms with van der Waals surface area (Å²) in [4.78, 5) is 55.0. The van der Waals surface area contributed by atoms with Crippen LogP contribution in [0.25, 0.3) is 11.3 Å². The minimum atomic E-state index is -0.812. The van der Waals surface area contributed by atoms with Gasteiger partial charge in [0.1, 0.15) is 5.76 Å². The van der Waals surface area contributed by atoms with E-state index in [9.17, 15) is 24.3 Å². The van der Waals surface area contributed by atoms with Gasteiger partial charge < -0.3 is 20.2 Å². The number of hydrogen-bond acceptors (Lipinski definition) is 6. The molecular weight excluding hydrogens is 526 g/mol. The maximum Gasteiger partial charge on any atom is 0.314 e. The molecular formula is C31H43N3O7. The highest BCUT2D eigenvalue weighted by Crippen LogP contribution is 2.48. The van der Waals surface area contributed by atoms with E-state index in [4.69, 9.17) is 9.25 Å². The van der Waals surface area contributed by atoms with E-state index in [0.717, 1.165) is 43.2 Å². The van der Waals surface area contributed by atoms with E-state index in [2.05, 4.69) is 17.6 Å². The number of carbonyl (C=O) groups is 4. The standard InChI is InChI=1S/C31H43N3O7/c1-4-7-9-10-24(25(6-3)34(21-35)40-19-8-5-2)28(36)32-20-33-29(37)27-16-15-26(41-27)22-11-13-23(14-12-22)31(17-18-31)30(38)39/h11-16,21,24-25H,4-10,17-20H2,1-3H3,(H,32,36)(H,33,37)(H,38,39)/t24-,25-/m1/s1. The molecule has 3 amide bonds. The number of furan rings is 1. The van der Waals surface area contributed by atoms with E-state index in [0.29, 0.717) is 44.5 Å². The largest absolute Gasteiger partial charge is 0.481 e. The van der Waals surface area contributed by atoms with Gasteiger partial charge in [-0.25, -0.2) is 5.06 Å². The van der Waals surface area contributed by atoms with E-state index in [1.165, 1.54) is 5.06 Å². The van der Waals surface area contributed by atoms with E-state index in [1.807, 2.05) is 13.8 Å². The van der Waals surface area contributed by atoms with Crippen molar-refractivity contribution in [1.29, 1.82) is 0 Å². The highest BCUT2D eigenvalue weighted by molar-refractivity contribution is 5.92. The quantitative estimate of drug-likeness (QED) is 0.0933. The fourth-order valence-corrected chi connectivity index (χ4v) is 5.02. The smallest absolute Gasteiger partial charge is 0.314 e. The summed E-state index contributed by atoms with van der Waals surface area (Å²) in [6.45, 7) is 6.35. The van der Waals surface area contributed by atoms with E-state index >= 15 is 0 Å². The molecule has 2 aromatic rings. The second-order valence-corrected chi connectivity index (χ2v) is 10.6. The summed E-state index contributed by atoms with van der Waals surface area (Å²) < 4.78 is 5.74. The van der Waals surface area contributed by atoms with Gasteiger partial charge in [-0.05, 0) is 49.8 Å².